The van der Waals surface area contributed by atoms with Crippen molar-refractivity contribution in [3.8, 4) is 0 Å². The highest BCUT2D eigenvalue weighted by atomic mass is 32.1. The zero-order chi connectivity index (χ0) is 5.28. The van der Waals surface area contributed by atoms with Crippen LogP contribution in [0, 0.1) is 13.8 Å². The van der Waals surface area contributed by atoms with Crippen molar-refractivity contribution < 1.29 is 0 Å². The van der Waals surface area contributed by atoms with Crippen LogP contribution in [0.25, 0.3) is 0 Å². The summed E-state index contributed by atoms with van der Waals surface area (Å²) in [6.07, 6.45) is 0. The molecule has 0 unspecified atom stereocenters. The van der Waals surface area contributed by atoms with Gasteiger partial charge in [-0.2, -0.15) is 0 Å². The molecule has 0 fully saturated rings. The Morgan fingerprint density at radius 2 is 2.43 bits per heavy atom. The van der Waals surface area contributed by atoms with E-state index in [1.54, 1.807) is 11.3 Å². The highest BCUT2D eigenvalue weighted by Gasteiger charge is 1.87. The predicted molar refractivity (Wildman–Crippen MR) is 33.5 cm³/mol. The van der Waals surface area contributed by atoms with Crippen LogP contribution in [0.1, 0.15) is 10.4 Å². The molecule has 0 bridgehead atoms. The molecule has 1 rings (SSSR count). The minimum Gasteiger partial charge on any atom is -0.149 e. The van der Waals surface area contributed by atoms with Crippen LogP contribution in [0.15, 0.2) is 11.4 Å². The van der Waals surface area contributed by atoms with E-state index in [1.165, 1.54) is 4.88 Å². The lowest BCUT2D eigenvalue weighted by Gasteiger charge is -1.79. The first-order valence-corrected chi connectivity index (χ1v) is 3.05. The zero-order valence-corrected chi connectivity index (χ0v) is 5.09. The van der Waals surface area contributed by atoms with Gasteiger partial charge in [0.2, 0.25) is 0 Å². The minimum atomic E-state index is 1.16. The molecule has 0 saturated heterocycles. The van der Waals surface area contributed by atoms with Crippen molar-refractivity contribution in [3.63, 3.8) is 0 Å². The number of hydrogen-bond donors (Lipinski definition) is 0. The summed E-state index contributed by atoms with van der Waals surface area (Å²) in [5.41, 5.74) is 1.16. The standard InChI is InChI=1S/C6H7S/c1-5-3-4-7-6(5)2/h3-4H,1H2,2H3. The molecule has 7 heavy (non-hydrogen) atoms. The Morgan fingerprint density at radius 3 is 2.57 bits per heavy atom. The van der Waals surface area contributed by atoms with Crippen LogP contribution in [0.4, 0.5) is 0 Å². The molecular weight excluding hydrogens is 104 g/mol. The molecule has 0 nitrogen and oxygen atoms in total. The number of thiophene rings is 1. The van der Waals surface area contributed by atoms with Crippen molar-refractivity contribution in [2.24, 2.45) is 0 Å². The maximum Gasteiger partial charge on any atom is 0.00463 e. The first-order chi connectivity index (χ1) is 3.30. The lowest BCUT2D eigenvalue weighted by molar-refractivity contribution is 1.56. The first kappa shape index (κ1) is 4.85. The van der Waals surface area contributed by atoms with Crippen LogP contribution in [0.3, 0.4) is 0 Å². The fraction of sp³-hybridized carbons (Fsp3) is 0.167. The molecule has 0 aliphatic rings. The number of aryl methyl sites for hydroxylation is 1. The van der Waals surface area contributed by atoms with Gasteiger partial charge in [0.05, 0.1) is 0 Å². The highest BCUT2D eigenvalue weighted by molar-refractivity contribution is 7.10. The van der Waals surface area contributed by atoms with E-state index < -0.39 is 0 Å². The Hall–Kier alpha value is -0.300. The van der Waals surface area contributed by atoms with Crippen LogP contribution in [-0.4, -0.2) is 0 Å². The van der Waals surface area contributed by atoms with Gasteiger partial charge in [-0.25, -0.2) is 0 Å². The van der Waals surface area contributed by atoms with Crippen LogP contribution in [-0.2, 0) is 0 Å². The normalized spacial score (nSPS) is 9.43. The quantitative estimate of drug-likeness (QED) is 0.481. The predicted octanol–water partition coefficient (Wildman–Crippen LogP) is 2.24. The average molecular weight is 111 g/mol. The van der Waals surface area contributed by atoms with Crippen molar-refractivity contribution in [2.45, 2.75) is 6.92 Å². The molecule has 0 aliphatic carbocycles. The third-order valence-electron chi connectivity index (χ3n) is 0.966. The van der Waals surface area contributed by atoms with Gasteiger partial charge in [0, 0.05) is 4.88 Å². The monoisotopic (exact) mass is 111 g/mol. The minimum absolute atomic E-state index is 1.16. The summed E-state index contributed by atoms with van der Waals surface area (Å²) in [4.78, 5) is 1.32. The van der Waals surface area contributed by atoms with Gasteiger partial charge >= 0.3 is 0 Å². The third kappa shape index (κ3) is 0.829. The Kier molecular flexibility index (Phi) is 1.15. The summed E-state index contributed by atoms with van der Waals surface area (Å²) in [6, 6.07) is 2.03. The molecule has 0 aromatic carbocycles. The molecule has 0 aliphatic heterocycles. The Morgan fingerprint density at radius 1 is 1.71 bits per heavy atom. The van der Waals surface area contributed by atoms with Crippen molar-refractivity contribution in [1.82, 2.24) is 0 Å². The third-order valence-corrected chi connectivity index (χ3v) is 1.85. The van der Waals surface area contributed by atoms with E-state index in [2.05, 4.69) is 19.2 Å². The molecule has 1 heteroatoms. The molecule has 0 N–H and O–H groups in total. The fourth-order valence-corrected chi connectivity index (χ4v) is 1.07. The smallest absolute Gasteiger partial charge is 0.00463 e. The lowest BCUT2D eigenvalue weighted by atomic mass is 10.3. The zero-order valence-electron chi connectivity index (χ0n) is 4.27. The van der Waals surface area contributed by atoms with Crippen molar-refractivity contribution in [1.29, 1.82) is 0 Å². The van der Waals surface area contributed by atoms with Gasteiger partial charge in [-0.1, -0.05) is 0 Å². The van der Waals surface area contributed by atoms with Gasteiger partial charge in [-0.3, -0.25) is 0 Å². The molecule has 0 atom stereocenters. The summed E-state index contributed by atoms with van der Waals surface area (Å²) >= 11 is 1.74. The van der Waals surface area contributed by atoms with E-state index in [4.69, 9.17) is 0 Å². The van der Waals surface area contributed by atoms with E-state index in [0.717, 1.165) is 5.56 Å². The van der Waals surface area contributed by atoms with Gasteiger partial charge < -0.3 is 0 Å². The molecular formula is C6H7S. The highest BCUT2D eigenvalue weighted by Crippen LogP contribution is 2.12. The summed E-state index contributed by atoms with van der Waals surface area (Å²) < 4.78 is 0. The summed E-state index contributed by atoms with van der Waals surface area (Å²) in [7, 11) is 0. The fourth-order valence-electron chi connectivity index (χ4n) is 0.411. The van der Waals surface area contributed by atoms with E-state index >= 15 is 0 Å². The maximum atomic E-state index is 3.79. The van der Waals surface area contributed by atoms with Crippen molar-refractivity contribution in [3.05, 3.63) is 28.8 Å². The molecule has 1 aromatic rings. The van der Waals surface area contributed by atoms with E-state index in [1.807, 2.05) is 6.07 Å². The summed E-state index contributed by atoms with van der Waals surface area (Å²) in [5.74, 6) is 0. The molecule has 0 saturated carbocycles. The Balaban J connectivity index is 3.12. The van der Waals surface area contributed by atoms with Crippen molar-refractivity contribution in [2.75, 3.05) is 0 Å². The van der Waals surface area contributed by atoms with Gasteiger partial charge in [-0.05, 0) is 30.9 Å². The topological polar surface area (TPSA) is 0 Å². The van der Waals surface area contributed by atoms with Crippen LogP contribution in [0.5, 0.6) is 0 Å². The second kappa shape index (κ2) is 1.66. The molecule has 1 heterocycles. The largest absolute Gasteiger partial charge is 0.149 e. The van der Waals surface area contributed by atoms with E-state index in [0.29, 0.717) is 0 Å². The SMILES string of the molecule is [CH2]c1ccsc1C. The first-order valence-electron chi connectivity index (χ1n) is 2.17. The molecule has 0 amide bonds. The number of rotatable bonds is 0. The van der Waals surface area contributed by atoms with E-state index in [9.17, 15) is 0 Å². The molecule has 1 radical (unpaired) electrons. The van der Waals surface area contributed by atoms with Crippen molar-refractivity contribution >= 4 is 11.3 Å². The summed E-state index contributed by atoms with van der Waals surface area (Å²) in [5, 5.41) is 2.05. The van der Waals surface area contributed by atoms with Crippen LogP contribution < -0.4 is 0 Å². The van der Waals surface area contributed by atoms with Crippen LogP contribution >= 0.6 is 11.3 Å². The Labute approximate surface area is 47.8 Å². The second-order valence-electron chi connectivity index (χ2n) is 1.50. The lowest BCUT2D eigenvalue weighted by Crippen LogP contribution is -1.61. The van der Waals surface area contributed by atoms with Gasteiger partial charge in [0.15, 0.2) is 0 Å². The average Bonchev–Trinajstić information content (AvgIpc) is 1.91. The Bertz CT molecular complexity index is 136. The molecule has 37 valence electrons. The van der Waals surface area contributed by atoms with Crippen LogP contribution in [0.2, 0.25) is 0 Å². The number of hydrogen-bond acceptors (Lipinski definition) is 1. The summed E-state index contributed by atoms with van der Waals surface area (Å²) in [6.45, 7) is 5.87. The second-order valence-corrected chi connectivity index (χ2v) is 2.62. The molecule has 1 aromatic heterocycles. The van der Waals surface area contributed by atoms with E-state index in [-0.39, 0.29) is 0 Å². The molecule has 0 spiro atoms. The van der Waals surface area contributed by atoms with Gasteiger partial charge in [-0.15, -0.1) is 11.3 Å². The van der Waals surface area contributed by atoms with Gasteiger partial charge in [0.25, 0.3) is 0 Å². The maximum absolute atomic E-state index is 3.79. The van der Waals surface area contributed by atoms with Gasteiger partial charge in [0.1, 0.15) is 0 Å².